The van der Waals surface area contributed by atoms with Crippen molar-refractivity contribution in [2.45, 2.75) is 6.42 Å². The van der Waals surface area contributed by atoms with E-state index < -0.39 is 0 Å². The van der Waals surface area contributed by atoms with Gasteiger partial charge in [0.05, 0.1) is 6.61 Å². The van der Waals surface area contributed by atoms with E-state index >= 15 is 0 Å². The molecule has 1 aliphatic rings. The molecule has 0 radical (unpaired) electrons. The van der Waals surface area contributed by atoms with E-state index in [9.17, 15) is 4.79 Å². The summed E-state index contributed by atoms with van der Waals surface area (Å²) in [5, 5.41) is 0. The van der Waals surface area contributed by atoms with Gasteiger partial charge in [-0.2, -0.15) is 0 Å². The van der Waals surface area contributed by atoms with E-state index in [0.717, 1.165) is 5.56 Å². The summed E-state index contributed by atoms with van der Waals surface area (Å²) in [6.45, 7) is 0.484. The molecule has 0 amide bonds. The number of ether oxygens (including phenoxy) is 1. The highest BCUT2D eigenvalue weighted by atomic mass is 16.5. The molecule has 0 bridgehead atoms. The molecule has 0 spiro atoms. The predicted octanol–water partition coefficient (Wildman–Crippen LogP) is 1.91. The minimum Gasteiger partial charge on any atom is -0.462 e. The van der Waals surface area contributed by atoms with Crippen molar-refractivity contribution in [1.29, 1.82) is 0 Å². The largest absolute Gasteiger partial charge is 0.462 e. The summed E-state index contributed by atoms with van der Waals surface area (Å²) in [7, 11) is 0. The minimum absolute atomic E-state index is 0.239. The number of carbonyl (C=O) groups excluding carboxylic acids is 1. The van der Waals surface area contributed by atoms with Crippen molar-refractivity contribution in [2.75, 3.05) is 6.61 Å². The number of esters is 1. The van der Waals surface area contributed by atoms with Crippen molar-refractivity contribution in [3.05, 3.63) is 47.5 Å². The van der Waals surface area contributed by atoms with Gasteiger partial charge in [-0.3, -0.25) is 0 Å². The zero-order valence-corrected chi connectivity index (χ0v) is 8.19. The lowest BCUT2D eigenvalue weighted by atomic mass is 10.2. The zero-order valence-electron chi connectivity index (χ0n) is 8.19. The summed E-state index contributed by atoms with van der Waals surface area (Å²) in [6.07, 6.45) is 2.31. The van der Waals surface area contributed by atoms with Crippen molar-refractivity contribution in [2.24, 2.45) is 0 Å². The van der Waals surface area contributed by atoms with Crippen molar-refractivity contribution in [3.63, 3.8) is 0 Å². The fourth-order valence-corrected chi connectivity index (χ4v) is 1.31. The topological polar surface area (TPSA) is 26.3 Å². The maximum atomic E-state index is 11.1. The van der Waals surface area contributed by atoms with Crippen LogP contribution >= 0.6 is 0 Å². The highest BCUT2D eigenvalue weighted by molar-refractivity contribution is 5.90. The molecule has 1 fully saturated rings. The minimum atomic E-state index is -0.239. The van der Waals surface area contributed by atoms with Crippen LogP contribution in [0.5, 0.6) is 0 Å². The molecule has 0 saturated carbocycles. The van der Waals surface area contributed by atoms with Gasteiger partial charge in [-0.25, -0.2) is 4.79 Å². The Bertz CT molecular complexity index is 446. The lowest BCUT2D eigenvalue weighted by molar-refractivity contribution is -0.135. The van der Waals surface area contributed by atoms with Crippen molar-refractivity contribution in [1.82, 2.24) is 0 Å². The standard InChI is InChI=1S/C13H10O2/c14-13-12(9-10-15-13)8-4-7-11-5-2-1-3-6-11/h1-3,5-6,8H,9-10H2/b12-8-. The normalized spacial score (nSPS) is 17.1. The van der Waals surface area contributed by atoms with Crippen molar-refractivity contribution < 1.29 is 9.53 Å². The zero-order chi connectivity index (χ0) is 10.5. The second-order valence-electron chi connectivity index (χ2n) is 3.19. The molecule has 15 heavy (non-hydrogen) atoms. The average molecular weight is 198 g/mol. The van der Waals surface area contributed by atoms with Crippen LogP contribution in [0.4, 0.5) is 0 Å². The fourth-order valence-electron chi connectivity index (χ4n) is 1.31. The molecule has 1 aromatic rings. The molecular formula is C13H10O2. The number of cyclic esters (lactones) is 1. The third-order valence-electron chi connectivity index (χ3n) is 2.10. The quantitative estimate of drug-likeness (QED) is 0.361. The van der Waals surface area contributed by atoms with Crippen LogP contribution in [0.2, 0.25) is 0 Å². The monoisotopic (exact) mass is 198 g/mol. The highest BCUT2D eigenvalue weighted by Crippen LogP contribution is 2.11. The summed E-state index contributed by atoms with van der Waals surface area (Å²) in [6, 6.07) is 9.66. The van der Waals surface area contributed by atoms with Gasteiger partial charge in [-0.1, -0.05) is 30.0 Å². The summed E-state index contributed by atoms with van der Waals surface area (Å²) in [5.41, 5.74) is 1.61. The van der Waals surface area contributed by atoms with Crippen LogP contribution in [-0.4, -0.2) is 12.6 Å². The number of hydrogen-bond donors (Lipinski definition) is 0. The van der Waals surface area contributed by atoms with Gasteiger partial charge in [0, 0.05) is 17.6 Å². The van der Waals surface area contributed by atoms with Gasteiger partial charge in [0.1, 0.15) is 0 Å². The van der Waals surface area contributed by atoms with E-state index in [1.807, 2.05) is 30.3 Å². The van der Waals surface area contributed by atoms with Gasteiger partial charge >= 0.3 is 5.97 Å². The first-order chi connectivity index (χ1) is 7.36. The van der Waals surface area contributed by atoms with Crippen LogP contribution in [-0.2, 0) is 9.53 Å². The first-order valence-electron chi connectivity index (χ1n) is 4.79. The van der Waals surface area contributed by atoms with Crippen LogP contribution in [0.15, 0.2) is 42.0 Å². The Morgan fingerprint density at radius 3 is 2.73 bits per heavy atom. The van der Waals surface area contributed by atoms with Crippen LogP contribution in [0.25, 0.3) is 0 Å². The molecule has 74 valence electrons. The number of allylic oxidation sites excluding steroid dienone is 1. The SMILES string of the molecule is O=C1OCC/C1=C/C#Cc1ccccc1. The van der Waals surface area contributed by atoms with Crippen LogP contribution < -0.4 is 0 Å². The molecule has 2 nitrogen and oxygen atoms in total. The molecule has 0 atom stereocenters. The number of hydrogen-bond acceptors (Lipinski definition) is 2. The molecule has 2 rings (SSSR count). The van der Waals surface area contributed by atoms with Gasteiger partial charge in [-0.05, 0) is 18.2 Å². The maximum Gasteiger partial charge on any atom is 0.334 e. The van der Waals surface area contributed by atoms with E-state index in [2.05, 4.69) is 11.8 Å². The smallest absolute Gasteiger partial charge is 0.334 e. The molecule has 1 saturated heterocycles. The van der Waals surface area contributed by atoms with E-state index in [-0.39, 0.29) is 5.97 Å². The maximum absolute atomic E-state index is 11.1. The Hall–Kier alpha value is -2.01. The third kappa shape index (κ3) is 2.47. The molecule has 0 N–H and O–H groups in total. The summed E-state index contributed by atoms with van der Waals surface area (Å²) < 4.78 is 4.79. The van der Waals surface area contributed by atoms with Crippen molar-refractivity contribution >= 4 is 5.97 Å². The van der Waals surface area contributed by atoms with Crippen molar-refractivity contribution in [3.8, 4) is 11.8 Å². The number of benzene rings is 1. The Balaban J connectivity index is 2.10. The van der Waals surface area contributed by atoms with E-state index in [4.69, 9.17) is 4.74 Å². The number of carbonyl (C=O) groups is 1. The second-order valence-corrected chi connectivity index (χ2v) is 3.19. The molecule has 1 aromatic carbocycles. The molecule has 0 aliphatic carbocycles. The van der Waals surface area contributed by atoms with E-state index in [1.54, 1.807) is 6.08 Å². The molecule has 0 aromatic heterocycles. The third-order valence-corrected chi connectivity index (χ3v) is 2.10. The molecule has 1 heterocycles. The van der Waals surface area contributed by atoms with Gasteiger partial charge in [0.2, 0.25) is 0 Å². The molecule has 0 unspecified atom stereocenters. The summed E-state index contributed by atoms with van der Waals surface area (Å²) >= 11 is 0. The lowest BCUT2D eigenvalue weighted by Crippen LogP contribution is -1.93. The summed E-state index contributed by atoms with van der Waals surface area (Å²) in [5.74, 6) is 5.58. The fraction of sp³-hybridized carbons (Fsp3) is 0.154. The van der Waals surface area contributed by atoms with Gasteiger partial charge in [0.25, 0.3) is 0 Å². The Morgan fingerprint density at radius 2 is 2.07 bits per heavy atom. The average Bonchev–Trinajstić information content (AvgIpc) is 2.66. The van der Waals surface area contributed by atoms with E-state index in [1.165, 1.54) is 0 Å². The molecular weight excluding hydrogens is 188 g/mol. The Kier molecular flexibility index (Phi) is 2.85. The molecule has 1 aliphatic heterocycles. The van der Waals surface area contributed by atoms with Crippen LogP contribution in [0.3, 0.4) is 0 Å². The predicted molar refractivity (Wildman–Crippen MR) is 57.0 cm³/mol. The van der Waals surface area contributed by atoms with Gasteiger partial charge < -0.3 is 4.74 Å². The second kappa shape index (κ2) is 4.47. The highest BCUT2D eigenvalue weighted by Gasteiger charge is 2.17. The van der Waals surface area contributed by atoms with Gasteiger partial charge in [0.15, 0.2) is 0 Å². The lowest BCUT2D eigenvalue weighted by Gasteiger charge is -1.86. The molecule has 2 heteroatoms. The van der Waals surface area contributed by atoms with Crippen LogP contribution in [0.1, 0.15) is 12.0 Å². The Morgan fingerprint density at radius 1 is 1.27 bits per heavy atom. The first kappa shape index (κ1) is 9.54. The van der Waals surface area contributed by atoms with Gasteiger partial charge in [-0.15, -0.1) is 0 Å². The van der Waals surface area contributed by atoms with E-state index in [0.29, 0.717) is 18.6 Å². The van der Waals surface area contributed by atoms with Crippen LogP contribution in [0, 0.1) is 11.8 Å². The Labute approximate surface area is 88.6 Å². The first-order valence-corrected chi connectivity index (χ1v) is 4.79. The number of rotatable bonds is 0. The summed E-state index contributed by atoms with van der Waals surface area (Å²) in [4.78, 5) is 11.1.